The van der Waals surface area contributed by atoms with Gasteiger partial charge in [0.25, 0.3) is 0 Å². The van der Waals surface area contributed by atoms with Crippen LogP contribution in [-0.2, 0) is 0 Å². The van der Waals surface area contributed by atoms with Crippen LogP contribution in [0.4, 0.5) is 14.5 Å². The van der Waals surface area contributed by atoms with Crippen molar-refractivity contribution in [2.24, 2.45) is 0 Å². The van der Waals surface area contributed by atoms with E-state index >= 15 is 0 Å². The highest BCUT2D eigenvalue weighted by molar-refractivity contribution is 5.53. The van der Waals surface area contributed by atoms with E-state index in [1.807, 2.05) is 6.92 Å². The molecule has 1 atom stereocenters. The van der Waals surface area contributed by atoms with Crippen molar-refractivity contribution in [3.63, 3.8) is 0 Å². The third-order valence-corrected chi connectivity index (χ3v) is 6.18. The average molecular weight is 437 g/mol. The fourth-order valence-corrected chi connectivity index (χ4v) is 4.30. The first-order valence-corrected chi connectivity index (χ1v) is 11.2. The number of rotatable bonds is 7. The van der Waals surface area contributed by atoms with E-state index in [2.05, 4.69) is 41.0 Å². The predicted octanol–water partition coefficient (Wildman–Crippen LogP) is 5.91. The Labute approximate surface area is 189 Å². The van der Waals surface area contributed by atoms with E-state index in [1.54, 1.807) is 18.2 Å². The Bertz CT molecular complexity index is 1030. The molecule has 1 aliphatic rings. The van der Waals surface area contributed by atoms with Crippen molar-refractivity contribution in [1.82, 2.24) is 4.90 Å². The molecule has 5 heteroatoms. The molecule has 1 aliphatic heterocycles. The van der Waals surface area contributed by atoms with E-state index < -0.39 is 0 Å². The van der Waals surface area contributed by atoms with Gasteiger partial charge in [-0.15, -0.1) is 0 Å². The molecule has 0 aliphatic carbocycles. The molecule has 0 saturated carbocycles. The summed E-state index contributed by atoms with van der Waals surface area (Å²) in [4.78, 5) is 4.90. The normalized spacial score (nSPS) is 15.6. The van der Waals surface area contributed by atoms with Crippen LogP contribution >= 0.6 is 0 Å². The average Bonchev–Trinajstić information content (AvgIpc) is 2.79. The molecule has 0 aromatic heterocycles. The van der Waals surface area contributed by atoms with Crippen LogP contribution in [0.2, 0.25) is 0 Å². The SMILES string of the molecule is Cc1cc(F)ccc1O[C@H](CCN1CCN(c2ccccc2C)CC1)c1ccc(F)cc1. The second kappa shape index (κ2) is 10.1. The number of anilines is 1. The fraction of sp³-hybridized carbons (Fsp3) is 0.333. The lowest BCUT2D eigenvalue weighted by molar-refractivity contribution is 0.159. The monoisotopic (exact) mass is 436 g/mol. The summed E-state index contributed by atoms with van der Waals surface area (Å²) in [7, 11) is 0. The molecule has 1 saturated heterocycles. The second-order valence-corrected chi connectivity index (χ2v) is 8.47. The van der Waals surface area contributed by atoms with Crippen molar-refractivity contribution >= 4 is 5.69 Å². The van der Waals surface area contributed by atoms with Crippen molar-refractivity contribution in [2.45, 2.75) is 26.4 Å². The molecule has 32 heavy (non-hydrogen) atoms. The summed E-state index contributed by atoms with van der Waals surface area (Å²) in [5.74, 6) is 0.114. The zero-order valence-corrected chi connectivity index (χ0v) is 18.7. The molecule has 0 amide bonds. The van der Waals surface area contributed by atoms with Gasteiger partial charge in [-0.05, 0) is 66.9 Å². The highest BCUT2D eigenvalue weighted by atomic mass is 19.1. The Hall–Kier alpha value is -2.92. The van der Waals surface area contributed by atoms with Gasteiger partial charge < -0.3 is 9.64 Å². The first-order chi connectivity index (χ1) is 15.5. The lowest BCUT2D eigenvalue weighted by atomic mass is 10.1. The number of nitrogens with zero attached hydrogens (tertiary/aromatic N) is 2. The molecule has 3 nitrogen and oxygen atoms in total. The molecular weight excluding hydrogens is 406 g/mol. The minimum atomic E-state index is -0.278. The number of hydrogen-bond donors (Lipinski definition) is 0. The van der Waals surface area contributed by atoms with Crippen LogP contribution in [0.25, 0.3) is 0 Å². The zero-order valence-electron chi connectivity index (χ0n) is 18.7. The van der Waals surface area contributed by atoms with Gasteiger partial charge in [0.1, 0.15) is 23.5 Å². The summed E-state index contributed by atoms with van der Waals surface area (Å²) < 4.78 is 33.3. The fourth-order valence-electron chi connectivity index (χ4n) is 4.30. The van der Waals surface area contributed by atoms with E-state index in [9.17, 15) is 8.78 Å². The van der Waals surface area contributed by atoms with Crippen LogP contribution in [0.15, 0.2) is 66.7 Å². The smallest absolute Gasteiger partial charge is 0.125 e. The van der Waals surface area contributed by atoms with Crippen molar-refractivity contribution in [3.05, 3.63) is 95.1 Å². The first-order valence-electron chi connectivity index (χ1n) is 11.2. The van der Waals surface area contributed by atoms with Gasteiger partial charge in [0, 0.05) is 44.8 Å². The lowest BCUT2D eigenvalue weighted by Gasteiger charge is -2.37. The number of hydrogen-bond acceptors (Lipinski definition) is 3. The van der Waals surface area contributed by atoms with Gasteiger partial charge in [-0.1, -0.05) is 30.3 Å². The van der Waals surface area contributed by atoms with Gasteiger partial charge in [-0.3, -0.25) is 4.90 Å². The summed E-state index contributed by atoms with van der Waals surface area (Å²) in [5, 5.41) is 0. The van der Waals surface area contributed by atoms with E-state index in [-0.39, 0.29) is 17.7 Å². The number of piperazine rings is 1. The van der Waals surface area contributed by atoms with Crippen molar-refractivity contribution in [3.8, 4) is 5.75 Å². The van der Waals surface area contributed by atoms with Crippen LogP contribution in [0, 0.1) is 25.5 Å². The van der Waals surface area contributed by atoms with E-state index in [0.717, 1.165) is 50.3 Å². The van der Waals surface area contributed by atoms with Crippen LogP contribution in [0.3, 0.4) is 0 Å². The van der Waals surface area contributed by atoms with Gasteiger partial charge in [-0.2, -0.15) is 0 Å². The molecule has 0 spiro atoms. The number of halogens is 2. The minimum Gasteiger partial charge on any atom is -0.485 e. The highest BCUT2D eigenvalue weighted by Crippen LogP contribution is 2.29. The lowest BCUT2D eigenvalue weighted by Crippen LogP contribution is -2.47. The molecule has 0 radical (unpaired) electrons. The zero-order chi connectivity index (χ0) is 22.5. The number of ether oxygens (including phenoxy) is 1. The van der Waals surface area contributed by atoms with E-state index in [1.165, 1.54) is 35.5 Å². The molecule has 0 bridgehead atoms. The molecule has 0 N–H and O–H groups in total. The van der Waals surface area contributed by atoms with E-state index in [4.69, 9.17) is 4.74 Å². The van der Waals surface area contributed by atoms with Crippen LogP contribution in [-0.4, -0.2) is 37.6 Å². The molecule has 168 valence electrons. The molecule has 1 fully saturated rings. The molecule has 1 heterocycles. The summed E-state index contributed by atoms with van der Waals surface area (Å²) in [6, 6.07) is 19.5. The maximum absolute atomic E-state index is 13.5. The molecule has 3 aromatic rings. The molecule has 0 unspecified atom stereocenters. The minimum absolute atomic E-state index is 0.228. The van der Waals surface area contributed by atoms with Gasteiger partial charge in [0.15, 0.2) is 0 Å². The second-order valence-electron chi connectivity index (χ2n) is 8.47. The summed E-state index contributed by atoms with van der Waals surface area (Å²) in [6.45, 7) is 8.83. The number of benzene rings is 3. The number of para-hydroxylation sites is 1. The Morgan fingerprint density at radius 3 is 2.19 bits per heavy atom. The summed E-state index contributed by atoms with van der Waals surface area (Å²) in [5.41, 5.74) is 4.30. The Kier molecular flexibility index (Phi) is 7.05. The molecular formula is C27H30F2N2O. The first kappa shape index (κ1) is 22.3. The standard InChI is InChI=1S/C27H30F2N2O/c1-20-5-3-4-6-25(20)31-17-15-30(16-18-31)14-13-27(22-7-9-23(28)10-8-22)32-26-12-11-24(29)19-21(26)2/h3-12,19,27H,13-18H2,1-2H3/t27-/m1/s1. The Morgan fingerprint density at radius 1 is 0.812 bits per heavy atom. The van der Waals surface area contributed by atoms with Crippen molar-refractivity contribution < 1.29 is 13.5 Å². The van der Waals surface area contributed by atoms with E-state index in [0.29, 0.717) is 5.75 Å². The third kappa shape index (κ3) is 5.46. The summed E-state index contributed by atoms with van der Waals surface area (Å²) in [6.07, 6.45) is 0.543. The molecule has 3 aromatic carbocycles. The maximum Gasteiger partial charge on any atom is 0.125 e. The van der Waals surface area contributed by atoms with Crippen molar-refractivity contribution in [2.75, 3.05) is 37.6 Å². The third-order valence-electron chi connectivity index (χ3n) is 6.18. The number of aryl methyl sites for hydroxylation is 2. The van der Waals surface area contributed by atoms with Crippen LogP contribution < -0.4 is 9.64 Å². The topological polar surface area (TPSA) is 15.7 Å². The Balaban J connectivity index is 1.40. The molecule has 4 rings (SSSR count). The predicted molar refractivity (Wildman–Crippen MR) is 125 cm³/mol. The quantitative estimate of drug-likeness (QED) is 0.458. The van der Waals surface area contributed by atoms with Gasteiger partial charge in [-0.25, -0.2) is 8.78 Å². The Morgan fingerprint density at radius 2 is 1.50 bits per heavy atom. The van der Waals surface area contributed by atoms with Crippen LogP contribution in [0.5, 0.6) is 5.75 Å². The largest absolute Gasteiger partial charge is 0.485 e. The van der Waals surface area contributed by atoms with Gasteiger partial charge >= 0.3 is 0 Å². The van der Waals surface area contributed by atoms with Gasteiger partial charge in [0.05, 0.1) is 0 Å². The maximum atomic E-state index is 13.5. The highest BCUT2D eigenvalue weighted by Gasteiger charge is 2.21. The van der Waals surface area contributed by atoms with Crippen LogP contribution in [0.1, 0.15) is 29.2 Å². The van der Waals surface area contributed by atoms with Gasteiger partial charge in [0.2, 0.25) is 0 Å². The van der Waals surface area contributed by atoms with Crippen molar-refractivity contribution in [1.29, 1.82) is 0 Å². The summed E-state index contributed by atoms with van der Waals surface area (Å²) >= 11 is 0.